The molecule has 2 N–H and O–H groups in total. The van der Waals surface area contributed by atoms with Crippen LogP contribution in [0.2, 0.25) is 10.0 Å². The van der Waals surface area contributed by atoms with Crippen LogP contribution in [0.4, 0.5) is 5.69 Å². The van der Waals surface area contributed by atoms with E-state index in [4.69, 9.17) is 23.2 Å². The number of aryl methyl sites for hydroxylation is 2. The summed E-state index contributed by atoms with van der Waals surface area (Å²) in [6, 6.07) is 14.3. The Kier molecular flexibility index (Phi) is 4.79. The number of imidazole rings is 1. The second-order valence-electron chi connectivity index (χ2n) is 6.48. The zero-order valence-electron chi connectivity index (χ0n) is 15.2. The van der Waals surface area contributed by atoms with Crippen LogP contribution < -0.4 is 5.32 Å². The van der Waals surface area contributed by atoms with E-state index >= 15 is 0 Å². The van der Waals surface area contributed by atoms with E-state index in [0.717, 1.165) is 16.7 Å². The molecule has 0 aliphatic rings. The quantitative estimate of drug-likeness (QED) is 0.448. The average molecular weight is 411 g/mol. The molecule has 2 heterocycles. The fourth-order valence-electron chi connectivity index (χ4n) is 3.02. The summed E-state index contributed by atoms with van der Waals surface area (Å²) in [4.78, 5) is 24.8. The van der Waals surface area contributed by atoms with Crippen LogP contribution in [0.25, 0.3) is 22.4 Å². The lowest BCUT2D eigenvalue weighted by atomic mass is 10.1. The minimum Gasteiger partial charge on any atom is -0.338 e. The number of hydrogen-bond donors (Lipinski definition) is 2. The molecule has 2 aromatic heterocycles. The smallest absolute Gasteiger partial charge is 0.257 e. The lowest BCUT2D eigenvalue weighted by Crippen LogP contribution is -2.14. The van der Waals surface area contributed by atoms with Crippen molar-refractivity contribution in [3.8, 4) is 11.4 Å². The van der Waals surface area contributed by atoms with Crippen LogP contribution in [0.15, 0.2) is 48.5 Å². The SMILES string of the molecule is Cc1ccc(C(=O)Nc2ccc(Cl)c(-c3nc4ccc(Cl)cc4[nH]3)c2)c(C)n1. The Balaban J connectivity index is 1.67. The molecule has 5 nitrogen and oxygen atoms in total. The predicted octanol–water partition coefficient (Wildman–Crippen LogP) is 5.80. The van der Waals surface area contributed by atoms with Gasteiger partial charge in [-0.15, -0.1) is 0 Å². The fourth-order valence-corrected chi connectivity index (χ4v) is 3.40. The van der Waals surface area contributed by atoms with Gasteiger partial charge in [0.15, 0.2) is 0 Å². The van der Waals surface area contributed by atoms with Crippen molar-refractivity contribution in [2.24, 2.45) is 0 Å². The Bertz CT molecular complexity index is 1220. The van der Waals surface area contributed by atoms with Gasteiger partial charge in [-0.3, -0.25) is 9.78 Å². The Morgan fingerprint density at radius 3 is 2.61 bits per heavy atom. The van der Waals surface area contributed by atoms with E-state index in [1.165, 1.54) is 0 Å². The van der Waals surface area contributed by atoms with Crippen LogP contribution in [0.3, 0.4) is 0 Å². The third-order valence-corrected chi connectivity index (χ3v) is 4.96. The van der Waals surface area contributed by atoms with Gasteiger partial charge in [-0.2, -0.15) is 0 Å². The molecule has 0 unspecified atom stereocenters. The molecule has 140 valence electrons. The first-order valence-corrected chi connectivity index (χ1v) is 9.37. The minimum atomic E-state index is -0.227. The van der Waals surface area contributed by atoms with Crippen LogP contribution in [-0.2, 0) is 0 Å². The zero-order chi connectivity index (χ0) is 19.8. The van der Waals surface area contributed by atoms with Gasteiger partial charge in [-0.1, -0.05) is 23.2 Å². The van der Waals surface area contributed by atoms with E-state index in [-0.39, 0.29) is 5.91 Å². The Labute approximate surface area is 171 Å². The Hall–Kier alpha value is -2.89. The summed E-state index contributed by atoms with van der Waals surface area (Å²) in [7, 11) is 0. The van der Waals surface area contributed by atoms with E-state index in [9.17, 15) is 4.79 Å². The molecule has 0 fully saturated rings. The monoisotopic (exact) mass is 410 g/mol. The summed E-state index contributed by atoms with van der Waals surface area (Å²) < 4.78 is 0. The maximum atomic E-state index is 12.6. The molecule has 0 saturated carbocycles. The highest BCUT2D eigenvalue weighted by Crippen LogP contribution is 2.31. The van der Waals surface area contributed by atoms with Crippen molar-refractivity contribution in [2.75, 3.05) is 5.32 Å². The summed E-state index contributed by atoms with van der Waals surface area (Å²) in [6.45, 7) is 3.70. The molecule has 4 rings (SSSR count). The molecule has 28 heavy (non-hydrogen) atoms. The molecule has 7 heteroatoms. The molecule has 0 radical (unpaired) electrons. The Morgan fingerprint density at radius 1 is 1.00 bits per heavy atom. The predicted molar refractivity (Wildman–Crippen MR) is 113 cm³/mol. The van der Waals surface area contributed by atoms with Gasteiger partial charge < -0.3 is 10.3 Å². The largest absolute Gasteiger partial charge is 0.338 e. The van der Waals surface area contributed by atoms with Crippen LogP contribution in [0.5, 0.6) is 0 Å². The molecular formula is C21H16Cl2N4O. The first-order chi connectivity index (χ1) is 13.4. The molecule has 0 atom stereocenters. The number of nitrogens with one attached hydrogen (secondary N) is 2. The van der Waals surface area contributed by atoms with E-state index in [2.05, 4.69) is 20.3 Å². The minimum absolute atomic E-state index is 0.227. The van der Waals surface area contributed by atoms with Crippen LogP contribution in [-0.4, -0.2) is 20.9 Å². The molecule has 4 aromatic rings. The molecule has 0 aliphatic heterocycles. The van der Waals surface area contributed by atoms with Crippen molar-refractivity contribution in [3.63, 3.8) is 0 Å². The first kappa shape index (κ1) is 18.5. The van der Waals surface area contributed by atoms with Crippen LogP contribution >= 0.6 is 23.2 Å². The number of amides is 1. The van der Waals surface area contributed by atoms with E-state index < -0.39 is 0 Å². The highest BCUT2D eigenvalue weighted by atomic mass is 35.5. The van der Waals surface area contributed by atoms with Crippen LogP contribution in [0, 0.1) is 13.8 Å². The number of halogens is 2. The maximum Gasteiger partial charge on any atom is 0.257 e. The van der Waals surface area contributed by atoms with Crippen molar-refractivity contribution in [1.82, 2.24) is 15.0 Å². The summed E-state index contributed by atoms with van der Waals surface area (Å²) in [5.74, 6) is 0.376. The number of carbonyl (C=O) groups excluding carboxylic acids is 1. The summed E-state index contributed by atoms with van der Waals surface area (Å²) in [5.41, 5.74) is 4.98. The highest BCUT2D eigenvalue weighted by molar-refractivity contribution is 6.33. The van der Waals surface area contributed by atoms with Gasteiger partial charge >= 0.3 is 0 Å². The highest BCUT2D eigenvalue weighted by Gasteiger charge is 2.14. The van der Waals surface area contributed by atoms with Gasteiger partial charge in [0.1, 0.15) is 5.82 Å². The fraction of sp³-hybridized carbons (Fsp3) is 0.0952. The van der Waals surface area contributed by atoms with Gasteiger partial charge in [0.05, 0.1) is 27.3 Å². The van der Waals surface area contributed by atoms with Gasteiger partial charge in [0.2, 0.25) is 0 Å². The Morgan fingerprint density at radius 2 is 1.82 bits per heavy atom. The summed E-state index contributed by atoms with van der Waals surface area (Å²) in [5, 5.41) is 4.04. The number of fused-ring (bicyclic) bond motifs is 1. The zero-order valence-corrected chi connectivity index (χ0v) is 16.7. The topological polar surface area (TPSA) is 70.7 Å². The number of benzene rings is 2. The van der Waals surface area contributed by atoms with Gasteiger partial charge in [0.25, 0.3) is 5.91 Å². The normalized spacial score (nSPS) is 11.0. The number of hydrogen-bond acceptors (Lipinski definition) is 3. The number of anilines is 1. The van der Waals surface area contributed by atoms with E-state index in [1.807, 2.05) is 26.0 Å². The number of aromatic nitrogens is 3. The third-order valence-electron chi connectivity index (χ3n) is 4.39. The van der Waals surface area contributed by atoms with Crippen molar-refractivity contribution in [2.45, 2.75) is 13.8 Å². The lowest BCUT2D eigenvalue weighted by molar-refractivity contribution is 0.102. The molecule has 0 aliphatic carbocycles. The number of rotatable bonds is 3. The number of aromatic amines is 1. The van der Waals surface area contributed by atoms with Crippen molar-refractivity contribution in [1.29, 1.82) is 0 Å². The lowest BCUT2D eigenvalue weighted by Gasteiger charge is -2.10. The molecule has 0 saturated heterocycles. The number of H-pyrrole nitrogens is 1. The van der Waals surface area contributed by atoms with Gasteiger partial charge in [0, 0.05) is 22.0 Å². The number of carbonyl (C=O) groups is 1. The molecule has 2 aromatic carbocycles. The second-order valence-corrected chi connectivity index (χ2v) is 7.32. The first-order valence-electron chi connectivity index (χ1n) is 8.61. The van der Waals surface area contributed by atoms with Crippen LogP contribution in [0.1, 0.15) is 21.7 Å². The van der Waals surface area contributed by atoms with Crippen molar-refractivity contribution >= 4 is 45.8 Å². The molecule has 1 amide bonds. The maximum absolute atomic E-state index is 12.6. The van der Waals surface area contributed by atoms with Crippen molar-refractivity contribution in [3.05, 3.63) is 75.5 Å². The summed E-state index contributed by atoms with van der Waals surface area (Å²) in [6.07, 6.45) is 0. The molecular weight excluding hydrogens is 395 g/mol. The number of nitrogens with zero attached hydrogens (tertiary/aromatic N) is 2. The van der Waals surface area contributed by atoms with E-state index in [0.29, 0.717) is 38.4 Å². The van der Waals surface area contributed by atoms with Gasteiger partial charge in [-0.25, -0.2) is 4.98 Å². The number of pyridine rings is 1. The third kappa shape index (κ3) is 3.59. The average Bonchev–Trinajstić information content (AvgIpc) is 3.06. The van der Waals surface area contributed by atoms with Gasteiger partial charge in [-0.05, 0) is 62.4 Å². The second kappa shape index (κ2) is 7.26. The standard InChI is InChI=1S/C21H16Cl2N4O/c1-11-3-6-15(12(2)24-11)21(28)25-14-5-7-17(23)16(10-14)20-26-18-8-4-13(22)9-19(18)27-20/h3-10H,1-2H3,(H,25,28)(H,26,27). The van der Waals surface area contributed by atoms with Crippen molar-refractivity contribution < 1.29 is 4.79 Å². The summed E-state index contributed by atoms with van der Waals surface area (Å²) >= 11 is 12.4. The van der Waals surface area contributed by atoms with E-state index in [1.54, 1.807) is 36.4 Å². The molecule has 0 spiro atoms. The molecule has 0 bridgehead atoms.